The SMILES string of the molecule is CC1(Cn2nc(-c3cncc(Br)c3)oc2=O)CCC1. The van der Waals surface area contributed by atoms with Gasteiger partial charge >= 0.3 is 5.76 Å². The summed E-state index contributed by atoms with van der Waals surface area (Å²) < 4.78 is 7.46. The van der Waals surface area contributed by atoms with E-state index in [-0.39, 0.29) is 5.41 Å². The third kappa shape index (κ3) is 2.49. The first-order valence-corrected chi connectivity index (χ1v) is 7.04. The Morgan fingerprint density at radius 2 is 2.26 bits per heavy atom. The van der Waals surface area contributed by atoms with Crippen LogP contribution >= 0.6 is 15.9 Å². The number of hydrogen-bond donors (Lipinski definition) is 0. The molecule has 0 atom stereocenters. The van der Waals surface area contributed by atoms with Crippen molar-refractivity contribution in [3.05, 3.63) is 33.5 Å². The molecule has 0 unspecified atom stereocenters. The Kier molecular flexibility index (Phi) is 3.05. The van der Waals surface area contributed by atoms with E-state index in [0.29, 0.717) is 18.0 Å². The molecule has 0 radical (unpaired) electrons. The number of halogens is 1. The van der Waals surface area contributed by atoms with E-state index in [1.807, 2.05) is 6.07 Å². The highest BCUT2D eigenvalue weighted by Crippen LogP contribution is 2.41. The molecular weight excluding hydrogens is 310 g/mol. The van der Waals surface area contributed by atoms with Crippen LogP contribution in [0.15, 0.2) is 32.1 Å². The number of rotatable bonds is 3. The molecule has 2 aromatic heterocycles. The molecule has 6 heteroatoms. The minimum atomic E-state index is -0.400. The highest BCUT2D eigenvalue weighted by molar-refractivity contribution is 9.10. The zero-order chi connectivity index (χ0) is 13.5. The van der Waals surface area contributed by atoms with Crippen LogP contribution in [-0.4, -0.2) is 14.8 Å². The second-order valence-electron chi connectivity index (χ2n) is 5.39. The Morgan fingerprint density at radius 1 is 1.47 bits per heavy atom. The lowest BCUT2D eigenvalue weighted by molar-refractivity contribution is 0.122. The van der Waals surface area contributed by atoms with Gasteiger partial charge < -0.3 is 4.42 Å². The van der Waals surface area contributed by atoms with E-state index in [2.05, 4.69) is 32.9 Å². The fourth-order valence-electron chi connectivity index (χ4n) is 2.35. The van der Waals surface area contributed by atoms with E-state index in [9.17, 15) is 4.79 Å². The average molecular weight is 324 g/mol. The number of pyridine rings is 1. The maximum Gasteiger partial charge on any atom is 0.437 e. The van der Waals surface area contributed by atoms with Gasteiger partial charge in [-0.25, -0.2) is 4.79 Å². The zero-order valence-electron chi connectivity index (χ0n) is 10.6. The molecule has 19 heavy (non-hydrogen) atoms. The Balaban J connectivity index is 1.91. The van der Waals surface area contributed by atoms with E-state index in [4.69, 9.17) is 4.42 Å². The van der Waals surface area contributed by atoms with Crippen LogP contribution < -0.4 is 5.76 Å². The van der Waals surface area contributed by atoms with Gasteiger partial charge in [0.25, 0.3) is 5.89 Å². The van der Waals surface area contributed by atoms with Crippen molar-refractivity contribution in [2.24, 2.45) is 5.41 Å². The van der Waals surface area contributed by atoms with Crippen LogP contribution in [0.25, 0.3) is 11.5 Å². The molecule has 0 saturated heterocycles. The second kappa shape index (κ2) is 4.59. The fourth-order valence-corrected chi connectivity index (χ4v) is 2.72. The van der Waals surface area contributed by atoms with E-state index in [1.165, 1.54) is 11.1 Å². The lowest BCUT2D eigenvalue weighted by Crippen LogP contribution is -2.34. The molecule has 2 heterocycles. The molecule has 0 bridgehead atoms. The predicted molar refractivity (Wildman–Crippen MR) is 73.7 cm³/mol. The molecule has 5 nitrogen and oxygen atoms in total. The molecule has 100 valence electrons. The summed E-state index contributed by atoms with van der Waals surface area (Å²) in [6.45, 7) is 2.80. The summed E-state index contributed by atoms with van der Waals surface area (Å²) in [7, 11) is 0. The van der Waals surface area contributed by atoms with Crippen molar-refractivity contribution >= 4 is 15.9 Å². The second-order valence-corrected chi connectivity index (χ2v) is 6.30. The molecule has 0 N–H and O–H groups in total. The minimum absolute atomic E-state index is 0.188. The van der Waals surface area contributed by atoms with Crippen molar-refractivity contribution in [3.8, 4) is 11.5 Å². The van der Waals surface area contributed by atoms with E-state index < -0.39 is 5.76 Å². The topological polar surface area (TPSA) is 60.9 Å². The van der Waals surface area contributed by atoms with Crippen molar-refractivity contribution < 1.29 is 4.42 Å². The number of hydrogen-bond acceptors (Lipinski definition) is 4. The number of nitrogens with zero attached hydrogens (tertiary/aromatic N) is 3. The lowest BCUT2D eigenvalue weighted by Gasteiger charge is -2.37. The van der Waals surface area contributed by atoms with E-state index in [0.717, 1.165) is 17.3 Å². The fraction of sp³-hybridized carbons (Fsp3) is 0.462. The summed E-state index contributed by atoms with van der Waals surface area (Å²) in [5, 5.41) is 4.26. The van der Waals surface area contributed by atoms with Crippen LogP contribution in [0, 0.1) is 5.41 Å². The van der Waals surface area contributed by atoms with Crippen LogP contribution in [0.1, 0.15) is 26.2 Å². The molecule has 1 saturated carbocycles. The third-order valence-electron chi connectivity index (χ3n) is 3.65. The first kappa shape index (κ1) is 12.6. The predicted octanol–water partition coefficient (Wildman–Crippen LogP) is 2.85. The molecule has 3 rings (SSSR count). The maximum atomic E-state index is 11.8. The largest absolute Gasteiger partial charge is 0.437 e. The summed E-state index contributed by atoms with van der Waals surface area (Å²) in [5.41, 5.74) is 0.886. The monoisotopic (exact) mass is 323 g/mol. The summed E-state index contributed by atoms with van der Waals surface area (Å²) in [5.74, 6) is -0.0789. The number of aromatic nitrogens is 3. The smallest absolute Gasteiger partial charge is 0.388 e. The highest BCUT2D eigenvalue weighted by atomic mass is 79.9. The summed E-state index contributed by atoms with van der Waals surface area (Å²) in [4.78, 5) is 15.9. The normalized spacial score (nSPS) is 17.2. The van der Waals surface area contributed by atoms with Gasteiger partial charge in [0.15, 0.2) is 0 Å². The minimum Gasteiger partial charge on any atom is -0.388 e. The van der Waals surface area contributed by atoms with Gasteiger partial charge in [-0.2, -0.15) is 4.68 Å². The van der Waals surface area contributed by atoms with Crippen LogP contribution in [0.3, 0.4) is 0 Å². The van der Waals surface area contributed by atoms with Gasteiger partial charge in [-0.05, 0) is 40.3 Å². The Bertz CT molecular complexity index is 658. The summed E-state index contributed by atoms with van der Waals surface area (Å²) >= 11 is 3.34. The van der Waals surface area contributed by atoms with Gasteiger partial charge in [-0.3, -0.25) is 4.98 Å². The zero-order valence-corrected chi connectivity index (χ0v) is 12.2. The van der Waals surface area contributed by atoms with Gasteiger partial charge in [-0.1, -0.05) is 13.3 Å². The average Bonchev–Trinajstić information content (AvgIpc) is 2.69. The molecule has 1 aliphatic carbocycles. The first-order valence-electron chi connectivity index (χ1n) is 6.25. The molecular formula is C13H14BrN3O2. The lowest BCUT2D eigenvalue weighted by atomic mass is 9.70. The summed E-state index contributed by atoms with van der Waals surface area (Å²) in [6, 6.07) is 1.83. The van der Waals surface area contributed by atoms with Crippen molar-refractivity contribution in [3.63, 3.8) is 0 Å². The van der Waals surface area contributed by atoms with Crippen LogP contribution in [-0.2, 0) is 6.54 Å². The van der Waals surface area contributed by atoms with Gasteiger partial charge in [0.05, 0.1) is 12.1 Å². The van der Waals surface area contributed by atoms with Gasteiger partial charge in [0.1, 0.15) is 0 Å². The molecule has 2 aromatic rings. The third-order valence-corrected chi connectivity index (χ3v) is 4.08. The maximum absolute atomic E-state index is 11.8. The van der Waals surface area contributed by atoms with E-state index in [1.54, 1.807) is 12.4 Å². The van der Waals surface area contributed by atoms with E-state index >= 15 is 0 Å². The summed E-state index contributed by atoms with van der Waals surface area (Å²) in [6.07, 6.45) is 6.81. The van der Waals surface area contributed by atoms with Crippen molar-refractivity contribution in [1.82, 2.24) is 14.8 Å². The van der Waals surface area contributed by atoms with Crippen molar-refractivity contribution in [2.75, 3.05) is 0 Å². The quantitative estimate of drug-likeness (QED) is 0.871. The molecule has 1 aliphatic rings. The molecule has 0 aliphatic heterocycles. The van der Waals surface area contributed by atoms with Crippen molar-refractivity contribution in [1.29, 1.82) is 0 Å². The van der Waals surface area contributed by atoms with Gasteiger partial charge in [0, 0.05) is 16.9 Å². The molecule has 1 fully saturated rings. The van der Waals surface area contributed by atoms with Gasteiger partial charge in [-0.15, -0.1) is 5.10 Å². The Hall–Kier alpha value is -1.43. The first-order chi connectivity index (χ1) is 9.06. The Morgan fingerprint density at radius 3 is 2.89 bits per heavy atom. The standard InChI is InChI=1S/C13H14BrN3O2/c1-13(3-2-4-13)8-17-12(18)19-11(16-17)9-5-10(14)7-15-6-9/h5-7H,2-4,8H2,1H3. The van der Waals surface area contributed by atoms with Crippen LogP contribution in [0.4, 0.5) is 0 Å². The highest BCUT2D eigenvalue weighted by Gasteiger charge is 2.33. The Labute approximate surface area is 118 Å². The van der Waals surface area contributed by atoms with Crippen LogP contribution in [0.5, 0.6) is 0 Å². The van der Waals surface area contributed by atoms with Crippen molar-refractivity contribution in [2.45, 2.75) is 32.7 Å². The van der Waals surface area contributed by atoms with Gasteiger partial charge in [0.2, 0.25) is 0 Å². The molecule has 0 aromatic carbocycles. The van der Waals surface area contributed by atoms with Crippen LogP contribution in [0.2, 0.25) is 0 Å². The molecule has 0 amide bonds. The molecule has 0 spiro atoms.